The maximum Gasteiger partial charge on any atom is 0.261 e. The molecule has 0 unspecified atom stereocenters. The minimum absolute atomic E-state index is 0.0769. The molecule has 7 nitrogen and oxygen atoms in total. The summed E-state index contributed by atoms with van der Waals surface area (Å²) in [5.41, 5.74) is 1.94. The monoisotopic (exact) mass is 575 g/mol. The van der Waals surface area contributed by atoms with Crippen molar-refractivity contribution in [1.82, 2.24) is 10.0 Å². The van der Waals surface area contributed by atoms with E-state index in [9.17, 15) is 13.2 Å². The lowest BCUT2D eigenvalue weighted by atomic mass is 10.2. The molecule has 3 rings (SSSR count). The Labute approximate surface area is 219 Å². The van der Waals surface area contributed by atoms with Gasteiger partial charge >= 0.3 is 0 Å². The van der Waals surface area contributed by atoms with Gasteiger partial charge in [0.15, 0.2) is 5.11 Å². The van der Waals surface area contributed by atoms with Crippen LogP contribution < -0.4 is 20.1 Å². The molecule has 0 fully saturated rings. The molecule has 0 atom stereocenters. The number of hydrogen-bond acceptors (Lipinski definition) is 5. The number of rotatable bonds is 10. The second-order valence-electron chi connectivity index (χ2n) is 7.55. The summed E-state index contributed by atoms with van der Waals surface area (Å²) in [4.78, 5) is 12.9. The van der Waals surface area contributed by atoms with Crippen LogP contribution in [0.2, 0.25) is 0 Å². The van der Waals surface area contributed by atoms with Crippen molar-refractivity contribution < 1.29 is 17.9 Å². The Morgan fingerprint density at radius 1 is 1.03 bits per heavy atom. The molecule has 10 heteroatoms. The molecule has 0 radical (unpaired) electrons. The number of hydrogen-bond donors (Lipinski definition) is 3. The molecule has 0 bridgehead atoms. The van der Waals surface area contributed by atoms with Crippen molar-refractivity contribution in [3.05, 3.63) is 88.4 Å². The number of benzene rings is 3. The van der Waals surface area contributed by atoms with Crippen LogP contribution in [0.4, 0.5) is 5.69 Å². The Hall–Kier alpha value is -2.79. The van der Waals surface area contributed by atoms with E-state index in [1.807, 2.05) is 37.3 Å². The Balaban J connectivity index is 1.57. The molecular formula is C25H26BrN3O4S2. The van der Waals surface area contributed by atoms with Crippen molar-refractivity contribution in [2.24, 2.45) is 0 Å². The summed E-state index contributed by atoms with van der Waals surface area (Å²) in [6.07, 6.45) is 1.40. The number of sulfonamides is 1. The summed E-state index contributed by atoms with van der Waals surface area (Å²) in [7, 11) is -3.65. The second kappa shape index (κ2) is 12.8. The summed E-state index contributed by atoms with van der Waals surface area (Å²) >= 11 is 8.62. The first-order valence-corrected chi connectivity index (χ1v) is 13.7. The van der Waals surface area contributed by atoms with E-state index in [0.717, 1.165) is 16.5 Å². The summed E-state index contributed by atoms with van der Waals surface area (Å²) in [5, 5.41) is 5.60. The van der Waals surface area contributed by atoms with Crippen LogP contribution in [0.25, 0.3) is 0 Å². The first-order valence-electron chi connectivity index (χ1n) is 11.0. The lowest BCUT2D eigenvalue weighted by molar-refractivity contribution is 0.0973. The number of carbonyl (C=O) groups excluding carboxylic acids is 1. The normalized spacial score (nSPS) is 11.0. The molecule has 0 aliphatic rings. The third kappa shape index (κ3) is 8.14. The zero-order valence-corrected chi connectivity index (χ0v) is 22.3. The number of amides is 1. The molecule has 0 saturated heterocycles. The molecule has 0 aliphatic carbocycles. The van der Waals surface area contributed by atoms with Crippen molar-refractivity contribution in [2.75, 3.05) is 18.5 Å². The average molecular weight is 577 g/mol. The Bertz CT molecular complexity index is 1270. The molecule has 3 aromatic carbocycles. The maximum absolute atomic E-state index is 12.7. The third-order valence-corrected chi connectivity index (χ3v) is 7.02. The fraction of sp³-hybridized carbons (Fsp3) is 0.200. The van der Waals surface area contributed by atoms with Gasteiger partial charge in [0, 0.05) is 16.7 Å². The van der Waals surface area contributed by atoms with E-state index in [2.05, 4.69) is 31.3 Å². The van der Waals surface area contributed by atoms with Gasteiger partial charge in [-0.3, -0.25) is 10.1 Å². The van der Waals surface area contributed by atoms with E-state index in [4.69, 9.17) is 17.0 Å². The molecule has 0 aliphatic heterocycles. The van der Waals surface area contributed by atoms with E-state index < -0.39 is 15.9 Å². The zero-order chi connectivity index (χ0) is 25.3. The van der Waals surface area contributed by atoms with Crippen LogP contribution in [-0.2, 0) is 16.4 Å². The lowest BCUT2D eigenvalue weighted by Gasteiger charge is -2.13. The van der Waals surface area contributed by atoms with Gasteiger partial charge in [-0.15, -0.1) is 0 Å². The van der Waals surface area contributed by atoms with Crippen LogP contribution in [-0.4, -0.2) is 32.6 Å². The van der Waals surface area contributed by atoms with Crippen LogP contribution in [0.15, 0.2) is 82.2 Å². The summed E-state index contributed by atoms with van der Waals surface area (Å²) in [6.45, 7) is 2.76. The molecule has 1 amide bonds. The highest BCUT2D eigenvalue weighted by molar-refractivity contribution is 9.10. The van der Waals surface area contributed by atoms with Gasteiger partial charge in [0.25, 0.3) is 5.91 Å². The highest BCUT2D eigenvalue weighted by atomic mass is 79.9. The molecule has 0 aromatic heterocycles. The number of ether oxygens (including phenoxy) is 1. The highest BCUT2D eigenvalue weighted by Gasteiger charge is 2.16. The maximum atomic E-state index is 12.7. The Kier molecular flexibility index (Phi) is 9.79. The van der Waals surface area contributed by atoms with Gasteiger partial charge in [0.2, 0.25) is 10.0 Å². The lowest BCUT2D eigenvalue weighted by Crippen LogP contribution is -2.34. The van der Waals surface area contributed by atoms with Gasteiger partial charge < -0.3 is 10.1 Å². The molecule has 3 aromatic rings. The van der Waals surface area contributed by atoms with Crippen molar-refractivity contribution >= 4 is 54.9 Å². The standard InChI is InChI=1S/C25H26BrN3O4S2/c1-2-16-33-23-13-8-19(26)17-22(23)24(30)29-25(34)28-20-9-11-21(12-10-20)35(31,32)27-15-14-18-6-4-3-5-7-18/h3-13,17,27H,2,14-16H2,1H3,(H2,28,29,30,34). The van der Waals surface area contributed by atoms with E-state index >= 15 is 0 Å². The first kappa shape index (κ1) is 26.8. The van der Waals surface area contributed by atoms with Crippen LogP contribution in [0.5, 0.6) is 5.75 Å². The fourth-order valence-electron chi connectivity index (χ4n) is 3.13. The van der Waals surface area contributed by atoms with E-state index in [1.54, 1.807) is 30.3 Å². The number of carbonyl (C=O) groups is 1. The van der Waals surface area contributed by atoms with Gasteiger partial charge in [0.05, 0.1) is 17.1 Å². The van der Waals surface area contributed by atoms with Gasteiger partial charge in [-0.2, -0.15) is 0 Å². The number of nitrogens with one attached hydrogen (secondary N) is 3. The van der Waals surface area contributed by atoms with E-state index in [-0.39, 0.29) is 10.0 Å². The molecule has 0 heterocycles. The molecule has 35 heavy (non-hydrogen) atoms. The minimum atomic E-state index is -3.65. The van der Waals surface area contributed by atoms with Gasteiger partial charge in [0.1, 0.15) is 5.75 Å². The number of halogens is 1. The smallest absolute Gasteiger partial charge is 0.261 e. The quantitative estimate of drug-likeness (QED) is 0.298. The van der Waals surface area contributed by atoms with E-state index in [0.29, 0.717) is 36.6 Å². The molecule has 0 spiro atoms. The number of anilines is 1. The van der Waals surface area contributed by atoms with Gasteiger partial charge in [-0.05, 0) is 73.1 Å². The Morgan fingerprint density at radius 2 is 1.74 bits per heavy atom. The van der Waals surface area contributed by atoms with Crippen LogP contribution in [0.1, 0.15) is 29.3 Å². The predicted octanol–water partition coefficient (Wildman–Crippen LogP) is 4.89. The fourth-order valence-corrected chi connectivity index (χ4v) is 4.73. The van der Waals surface area contributed by atoms with Crippen LogP contribution in [0, 0.1) is 0 Å². The predicted molar refractivity (Wildman–Crippen MR) is 145 cm³/mol. The van der Waals surface area contributed by atoms with Crippen molar-refractivity contribution in [2.45, 2.75) is 24.7 Å². The van der Waals surface area contributed by atoms with Crippen molar-refractivity contribution in [3.8, 4) is 5.75 Å². The third-order valence-electron chi connectivity index (χ3n) is 4.85. The average Bonchev–Trinajstić information content (AvgIpc) is 2.84. The minimum Gasteiger partial charge on any atom is -0.493 e. The van der Waals surface area contributed by atoms with Crippen LogP contribution in [0.3, 0.4) is 0 Å². The SMILES string of the molecule is CCCOc1ccc(Br)cc1C(=O)NC(=S)Nc1ccc(S(=O)(=O)NCCc2ccccc2)cc1. The summed E-state index contributed by atoms with van der Waals surface area (Å²) in [5.74, 6) is 0.0430. The second-order valence-corrected chi connectivity index (χ2v) is 10.6. The van der Waals surface area contributed by atoms with Crippen LogP contribution >= 0.6 is 28.1 Å². The topological polar surface area (TPSA) is 96.5 Å². The van der Waals surface area contributed by atoms with Gasteiger partial charge in [-0.25, -0.2) is 13.1 Å². The number of thiocarbonyl (C=S) groups is 1. The van der Waals surface area contributed by atoms with Crippen molar-refractivity contribution in [1.29, 1.82) is 0 Å². The summed E-state index contributed by atoms with van der Waals surface area (Å²) in [6, 6.07) is 20.9. The Morgan fingerprint density at radius 3 is 2.43 bits per heavy atom. The summed E-state index contributed by atoms with van der Waals surface area (Å²) < 4.78 is 34.1. The van der Waals surface area contributed by atoms with Crippen molar-refractivity contribution in [3.63, 3.8) is 0 Å². The highest BCUT2D eigenvalue weighted by Crippen LogP contribution is 2.23. The van der Waals surface area contributed by atoms with E-state index in [1.165, 1.54) is 12.1 Å². The molecule has 3 N–H and O–H groups in total. The molecule has 0 saturated carbocycles. The molecular weight excluding hydrogens is 550 g/mol. The first-order chi connectivity index (χ1) is 16.8. The van der Waals surface area contributed by atoms with Gasteiger partial charge in [-0.1, -0.05) is 53.2 Å². The zero-order valence-electron chi connectivity index (χ0n) is 19.1. The molecule has 184 valence electrons. The largest absolute Gasteiger partial charge is 0.493 e.